The number of oxazole rings is 1. The predicted octanol–water partition coefficient (Wildman–Crippen LogP) is 5.32. The summed E-state index contributed by atoms with van der Waals surface area (Å²) in [5.74, 6) is 2.82. The van der Waals surface area contributed by atoms with Crippen molar-refractivity contribution in [3.8, 4) is 34.4 Å². The summed E-state index contributed by atoms with van der Waals surface area (Å²) in [6.07, 6.45) is 1.66. The first-order chi connectivity index (χ1) is 14.6. The minimum atomic E-state index is 0.412. The molecule has 8 heteroatoms. The van der Waals surface area contributed by atoms with E-state index in [1.807, 2.05) is 12.1 Å². The lowest BCUT2D eigenvalue weighted by Crippen LogP contribution is -1.90. The van der Waals surface area contributed by atoms with Gasteiger partial charge in [0.1, 0.15) is 6.26 Å². The van der Waals surface area contributed by atoms with Crippen LogP contribution in [0.15, 0.2) is 56.7 Å². The van der Waals surface area contributed by atoms with Crippen molar-refractivity contribution in [2.45, 2.75) is 24.8 Å². The Kier molecular flexibility index (Phi) is 5.76. The fourth-order valence-electron chi connectivity index (χ4n) is 3.04. The van der Waals surface area contributed by atoms with Crippen LogP contribution in [-0.2, 0) is 5.75 Å². The number of benzene rings is 2. The highest BCUT2D eigenvalue weighted by Crippen LogP contribution is 2.33. The molecule has 2 aromatic heterocycles. The van der Waals surface area contributed by atoms with Crippen molar-refractivity contribution in [1.82, 2.24) is 15.2 Å². The Labute approximate surface area is 178 Å². The third-order valence-corrected chi connectivity index (χ3v) is 5.40. The van der Waals surface area contributed by atoms with Gasteiger partial charge in [0, 0.05) is 16.9 Å². The zero-order chi connectivity index (χ0) is 21.1. The number of aryl methyl sites for hydroxylation is 2. The molecule has 0 aliphatic rings. The lowest BCUT2D eigenvalue weighted by Gasteiger charge is -2.07. The minimum absolute atomic E-state index is 0.412. The normalized spacial score (nSPS) is 10.9. The van der Waals surface area contributed by atoms with E-state index in [2.05, 4.69) is 41.2 Å². The van der Waals surface area contributed by atoms with Gasteiger partial charge in [0.05, 0.1) is 19.9 Å². The van der Waals surface area contributed by atoms with Crippen LogP contribution in [0.3, 0.4) is 0 Å². The van der Waals surface area contributed by atoms with Crippen molar-refractivity contribution >= 4 is 11.8 Å². The molecule has 0 aliphatic carbocycles. The van der Waals surface area contributed by atoms with Gasteiger partial charge in [-0.05, 0) is 43.7 Å². The summed E-state index contributed by atoms with van der Waals surface area (Å²) >= 11 is 1.40. The number of hydrogen-bond acceptors (Lipinski definition) is 8. The van der Waals surface area contributed by atoms with E-state index < -0.39 is 0 Å². The third-order valence-electron chi connectivity index (χ3n) is 4.54. The Bertz CT molecular complexity index is 1170. The smallest absolute Gasteiger partial charge is 0.277 e. The van der Waals surface area contributed by atoms with Crippen LogP contribution in [-0.4, -0.2) is 29.4 Å². The fourth-order valence-corrected chi connectivity index (χ4v) is 3.68. The molecule has 0 unspecified atom stereocenters. The molecule has 0 spiro atoms. The topological polar surface area (TPSA) is 83.4 Å². The van der Waals surface area contributed by atoms with Gasteiger partial charge in [-0.1, -0.05) is 29.5 Å². The molecule has 2 aromatic carbocycles. The van der Waals surface area contributed by atoms with E-state index in [-0.39, 0.29) is 0 Å². The van der Waals surface area contributed by atoms with E-state index >= 15 is 0 Å². The molecule has 4 aromatic rings. The Morgan fingerprint density at radius 1 is 0.933 bits per heavy atom. The number of rotatable bonds is 7. The molecule has 7 nitrogen and oxygen atoms in total. The SMILES string of the molecule is COc1ccc(-c2nnc(SCc3coc(-c4ccc(C)cc4C)n3)o2)cc1OC. The monoisotopic (exact) mass is 423 g/mol. The van der Waals surface area contributed by atoms with Crippen molar-refractivity contribution in [2.75, 3.05) is 14.2 Å². The van der Waals surface area contributed by atoms with Gasteiger partial charge in [0.15, 0.2) is 11.5 Å². The summed E-state index contributed by atoms with van der Waals surface area (Å²) < 4.78 is 22.0. The lowest BCUT2D eigenvalue weighted by atomic mass is 10.1. The van der Waals surface area contributed by atoms with Gasteiger partial charge < -0.3 is 18.3 Å². The minimum Gasteiger partial charge on any atom is -0.493 e. The van der Waals surface area contributed by atoms with E-state index in [0.29, 0.717) is 34.3 Å². The second-order valence-corrected chi connectivity index (χ2v) is 7.62. The number of nitrogens with zero attached hydrogens (tertiary/aromatic N) is 3. The molecule has 0 bridgehead atoms. The molecule has 0 aliphatic heterocycles. The number of hydrogen-bond donors (Lipinski definition) is 0. The van der Waals surface area contributed by atoms with Gasteiger partial charge >= 0.3 is 0 Å². The average molecular weight is 423 g/mol. The van der Waals surface area contributed by atoms with Crippen molar-refractivity contribution in [3.05, 3.63) is 59.5 Å². The maximum atomic E-state index is 5.77. The molecular weight excluding hydrogens is 402 g/mol. The highest BCUT2D eigenvalue weighted by Gasteiger charge is 2.14. The second kappa shape index (κ2) is 8.62. The van der Waals surface area contributed by atoms with Gasteiger partial charge in [0.25, 0.3) is 5.22 Å². The van der Waals surface area contributed by atoms with E-state index in [1.54, 1.807) is 32.6 Å². The molecule has 0 radical (unpaired) electrons. The highest BCUT2D eigenvalue weighted by molar-refractivity contribution is 7.98. The Balaban J connectivity index is 1.45. The summed E-state index contributed by atoms with van der Waals surface area (Å²) in [4.78, 5) is 4.59. The Morgan fingerprint density at radius 3 is 2.53 bits per heavy atom. The van der Waals surface area contributed by atoms with Crippen molar-refractivity contribution in [3.63, 3.8) is 0 Å². The summed E-state index contributed by atoms with van der Waals surface area (Å²) in [5.41, 5.74) is 4.89. The zero-order valence-corrected chi connectivity index (χ0v) is 17.9. The molecule has 2 heterocycles. The van der Waals surface area contributed by atoms with Crippen LogP contribution in [0.2, 0.25) is 0 Å². The van der Waals surface area contributed by atoms with Gasteiger partial charge in [-0.15, -0.1) is 10.2 Å². The zero-order valence-electron chi connectivity index (χ0n) is 17.1. The van der Waals surface area contributed by atoms with Crippen LogP contribution in [0.4, 0.5) is 0 Å². The highest BCUT2D eigenvalue weighted by atomic mass is 32.2. The van der Waals surface area contributed by atoms with E-state index in [1.165, 1.54) is 17.3 Å². The van der Waals surface area contributed by atoms with Crippen molar-refractivity contribution < 1.29 is 18.3 Å². The van der Waals surface area contributed by atoms with Crippen LogP contribution in [0.5, 0.6) is 11.5 Å². The molecule has 4 rings (SSSR count). The van der Waals surface area contributed by atoms with Crippen LogP contribution in [0, 0.1) is 13.8 Å². The molecule has 154 valence electrons. The Hall–Kier alpha value is -3.26. The molecule has 0 saturated carbocycles. The quantitative estimate of drug-likeness (QED) is 0.369. The third kappa shape index (κ3) is 4.18. The first-order valence-corrected chi connectivity index (χ1v) is 10.3. The summed E-state index contributed by atoms with van der Waals surface area (Å²) in [6, 6.07) is 11.6. The van der Waals surface area contributed by atoms with E-state index in [0.717, 1.165) is 22.4 Å². The molecule has 30 heavy (non-hydrogen) atoms. The van der Waals surface area contributed by atoms with E-state index in [9.17, 15) is 0 Å². The molecule has 0 saturated heterocycles. The van der Waals surface area contributed by atoms with Crippen LogP contribution in [0.1, 0.15) is 16.8 Å². The number of methoxy groups -OCH3 is 2. The first-order valence-electron chi connectivity index (χ1n) is 9.28. The average Bonchev–Trinajstić information content (AvgIpc) is 3.41. The van der Waals surface area contributed by atoms with Gasteiger partial charge in [-0.25, -0.2) is 4.98 Å². The maximum absolute atomic E-state index is 5.77. The molecule has 0 amide bonds. The Morgan fingerprint density at radius 2 is 1.77 bits per heavy atom. The number of aromatic nitrogens is 3. The van der Waals surface area contributed by atoms with Crippen molar-refractivity contribution in [2.24, 2.45) is 0 Å². The fraction of sp³-hybridized carbons (Fsp3) is 0.227. The summed E-state index contributed by atoms with van der Waals surface area (Å²) in [7, 11) is 3.18. The summed E-state index contributed by atoms with van der Waals surface area (Å²) in [6.45, 7) is 4.12. The van der Waals surface area contributed by atoms with Crippen LogP contribution in [0.25, 0.3) is 22.9 Å². The van der Waals surface area contributed by atoms with Gasteiger partial charge in [-0.2, -0.15) is 0 Å². The predicted molar refractivity (Wildman–Crippen MR) is 114 cm³/mol. The largest absolute Gasteiger partial charge is 0.493 e. The lowest BCUT2D eigenvalue weighted by molar-refractivity contribution is 0.355. The van der Waals surface area contributed by atoms with Crippen molar-refractivity contribution in [1.29, 1.82) is 0 Å². The van der Waals surface area contributed by atoms with Crippen LogP contribution >= 0.6 is 11.8 Å². The molecule has 0 atom stereocenters. The summed E-state index contributed by atoms with van der Waals surface area (Å²) in [5, 5.41) is 8.69. The van der Waals surface area contributed by atoms with Gasteiger partial charge in [-0.3, -0.25) is 0 Å². The second-order valence-electron chi connectivity index (χ2n) is 6.69. The number of ether oxygens (including phenoxy) is 2. The number of thioether (sulfide) groups is 1. The van der Waals surface area contributed by atoms with Gasteiger partial charge in [0.2, 0.25) is 11.8 Å². The molecule has 0 fully saturated rings. The first kappa shape index (κ1) is 20.0. The molecular formula is C22H21N3O4S. The maximum Gasteiger partial charge on any atom is 0.277 e. The standard InChI is InChI=1S/C22H21N3O4S/c1-13-5-7-17(14(2)9-13)21-23-16(11-28-21)12-30-22-25-24-20(29-22)15-6-8-18(26-3)19(10-15)27-4/h5-11H,12H2,1-4H3. The van der Waals surface area contributed by atoms with E-state index in [4.69, 9.17) is 18.3 Å². The molecule has 0 N–H and O–H groups in total. The van der Waals surface area contributed by atoms with Crippen LogP contribution < -0.4 is 9.47 Å².